The van der Waals surface area contributed by atoms with Gasteiger partial charge in [0.15, 0.2) is 5.78 Å². The molecule has 66 valence electrons. The zero-order chi connectivity index (χ0) is 9.14. The van der Waals surface area contributed by atoms with Crippen molar-refractivity contribution in [3.8, 4) is 0 Å². The molecule has 1 atom stereocenters. The van der Waals surface area contributed by atoms with Crippen LogP contribution in [0.1, 0.15) is 35.8 Å². The largest absolute Gasteiger partial charge is 0.292 e. The second kappa shape index (κ2) is 3.81. The van der Waals surface area contributed by atoms with Crippen molar-refractivity contribution >= 4 is 17.1 Å². The van der Waals surface area contributed by atoms with E-state index in [1.807, 2.05) is 26.2 Å². The first-order valence-corrected chi connectivity index (χ1v) is 4.99. The van der Waals surface area contributed by atoms with Gasteiger partial charge in [-0.15, -0.1) is 11.3 Å². The maximum atomic E-state index is 11.5. The maximum absolute atomic E-state index is 11.5. The topological polar surface area (TPSA) is 30.0 Å². The van der Waals surface area contributed by atoms with Crippen molar-refractivity contribution in [1.82, 2.24) is 4.98 Å². The smallest absolute Gasteiger partial charge is 0.184 e. The molecule has 0 aliphatic rings. The molecule has 0 radical (unpaired) electrons. The molecule has 0 saturated carbocycles. The molecule has 0 N–H and O–H groups in total. The van der Waals surface area contributed by atoms with Crippen LogP contribution in [0.5, 0.6) is 0 Å². The first kappa shape index (κ1) is 9.39. The van der Waals surface area contributed by atoms with Gasteiger partial charge in [0.25, 0.3) is 0 Å². The third-order valence-electron chi connectivity index (χ3n) is 1.93. The average Bonchev–Trinajstić information content (AvgIpc) is 2.49. The Hall–Kier alpha value is -0.700. The molecule has 1 unspecified atom stereocenters. The lowest BCUT2D eigenvalue weighted by Crippen LogP contribution is -2.10. The van der Waals surface area contributed by atoms with Crippen LogP contribution in [0.2, 0.25) is 0 Å². The number of hydrogen-bond acceptors (Lipinski definition) is 3. The second-order valence-corrected chi connectivity index (χ2v) is 3.99. The van der Waals surface area contributed by atoms with Crippen LogP contribution in [0.3, 0.4) is 0 Å². The lowest BCUT2D eigenvalue weighted by molar-refractivity contribution is 0.0923. The van der Waals surface area contributed by atoms with E-state index in [1.54, 1.807) is 0 Å². The summed E-state index contributed by atoms with van der Waals surface area (Å²) >= 11 is 1.53. The van der Waals surface area contributed by atoms with Crippen LogP contribution in [0.15, 0.2) is 5.38 Å². The van der Waals surface area contributed by atoms with Crippen molar-refractivity contribution < 1.29 is 4.79 Å². The molecule has 0 amide bonds. The van der Waals surface area contributed by atoms with Gasteiger partial charge in [-0.3, -0.25) is 4.79 Å². The number of nitrogens with zero attached hydrogens (tertiary/aromatic N) is 1. The lowest BCUT2D eigenvalue weighted by Gasteiger charge is -2.02. The normalized spacial score (nSPS) is 12.9. The van der Waals surface area contributed by atoms with Crippen molar-refractivity contribution in [3.63, 3.8) is 0 Å². The van der Waals surface area contributed by atoms with E-state index in [4.69, 9.17) is 0 Å². The Morgan fingerprint density at radius 1 is 1.75 bits per heavy atom. The number of aryl methyl sites for hydroxylation is 1. The number of carbonyl (C=O) groups excluding carboxylic acids is 1. The number of carbonyl (C=O) groups is 1. The Kier molecular flexibility index (Phi) is 2.98. The Labute approximate surface area is 76.6 Å². The van der Waals surface area contributed by atoms with Gasteiger partial charge >= 0.3 is 0 Å². The average molecular weight is 183 g/mol. The Morgan fingerprint density at radius 3 is 2.83 bits per heavy atom. The predicted molar refractivity (Wildman–Crippen MR) is 50.6 cm³/mol. The molecule has 0 spiro atoms. The highest BCUT2D eigenvalue weighted by atomic mass is 32.1. The number of ketones is 1. The van der Waals surface area contributed by atoms with Crippen LogP contribution in [0, 0.1) is 12.8 Å². The van der Waals surface area contributed by atoms with Gasteiger partial charge in [-0.25, -0.2) is 4.98 Å². The molecule has 0 bridgehead atoms. The molecule has 0 aliphatic heterocycles. The van der Waals surface area contributed by atoms with Gasteiger partial charge in [0.1, 0.15) is 5.69 Å². The van der Waals surface area contributed by atoms with E-state index < -0.39 is 0 Å². The van der Waals surface area contributed by atoms with E-state index in [2.05, 4.69) is 4.98 Å². The quantitative estimate of drug-likeness (QED) is 0.674. The zero-order valence-electron chi connectivity index (χ0n) is 7.63. The molecule has 0 fully saturated rings. The van der Waals surface area contributed by atoms with Gasteiger partial charge in [-0.2, -0.15) is 0 Å². The van der Waals surface area contributed by atoms with E-state index in [0.717, 1.165) is 11.4 Å². The first-order chi connectivity index (χ1) is 5.65. The predicted octanol–water partition coefficient (Wildman–Crippen LogP) is 2.68. The molecule has 3 heteroatoms. The van der Waals surface area contributed by atoms with Crippen LogP contribution >= 0.6 is 11.3 Å². The van der Waals surface area contributed by atoms with E-state index in [0.29, 0.717) is 5.69 Å². The molecule has 2 nitrogen and oxygen atoms in total. The second-order valence-electron chi connectivity index (χ2n) is 2.93. The minimum atomic E-state index is 0.103. The van der Waals surface area contributed by atoms with Crippen LogP contribution in [-0.4, -0.2) is 10.8 Å². The molecule has 1 aromatic rings. The summed E-state index contributed by atoms with van der Waals surface area (Å²) < 4.78 is 0. The van der Waals surface area contributed by atoms with E-state index in [9.17, 15) is 4.79 Å². The van der Waals surface area contributed by atoms with Gasteiger partial charge in [-0.1, -0.05) is 13.8 Å². The van der Waals surface area contributed by atoms with E-state index in [1.165, 1.54) is 11.3 Å². The SMILES string of the molecule is CCC(C)C(=O)c1csc(C)n1. The minimum absolute atomic E-state index is 0.103. The summed E-state index contributed by atoms with van der Waals surface area (Å²) in [6.45, 7) is 5.87. The maximum Gasteiger partial charge on any atom is 0.184 e. The monoisotopic (exact) mass is 183 g/mol. The Balaban J connectivity index is 2.78. The van der Waals surface area contributed by atoms with Crippen molar-refractivity contribution in [2.75, 3.05) is 0 Å². The molecule has 0 saturated heterocycles. The summed E-state index contributed by atoms with van der Waals surface area (Å²) in [5.74, 6) is 0.272. The van der Waals surface area contributed by atoms with Gasteiger partial charge < -0.3 is 0 Å². The zero-order valence-corrected chi connectivity index (χ0v) is 8.44. The van der Waals surface area contributed by atoms with Crippen LogP contribution < -0.4 is 0 Å². The van der Waals surface area contributed by atoms with Crippen LogP contribution in [0.25, 0.3) is 0 Å². The standard InChI is InChI=1S/C9H13NOS/c1-4-6(2)9(11)8-5-12-7(3)10-8/h5-6H,4H2,1-3H3. The first-order valence-electron chi connectivity index (χ1n) is 4.11. The summed E-state index contributed by atoms with van der Waals surface area (Å²) in [7, 11) is 0. The molecule has 1 aromatic heterocycles. The van der Waals surface area contributed by atoms with Crippen molar-refractivity contribution in [1.29, 1.82) is 0 Å². The Bertz CT molecular complexity index is 280. The molecular weight excluding hydrogens is 170 g/mol. The number of rotatable bonds is 3. The summed E-state index contributed by atoms with van der Waals surface area (Å²) in [4.78, 5) is 15.7. The molecule has 1 rings (SSSR count). The van der Waals surface area contributed by atoms with E-state index in [-0.39, 0.29) is 11.7 Å². The number of thiazole rings is 1. The van der Waals surface area contributed by atoms with Crippen molar-refractivity contribution in [2.24, 2.45) is 5.92 Å². The fourth-order valence-electron chi connectivity index (χ4n) is 0.914. The third-order valence-corrected chi connectivity index (χ3v) is 2.70. The highest BCUT2D eigenvalue weighted by molar-refractivity contribution is 7.09. The lowest BCUT2D eigenvalue weighted by atomic mass is 10.0. The van der Waals surface area contributed by atoms with Gasteiger partial charge in [0.05, 0.1) is 5.01 Å². The third kappa shape index (κ3) is 1.91. The fourth-order valence-corrected chi connectivity index (χ4v) is 1.52. The molecule has 1 heterocycles. The van der Waals surface area contributed by atoms with Crippen LogP contribution in [0.4, 0.5) is 0 Å². The number of Topliss-reactive ketones (excluding diaryl/α,β-unsaturated/α-hetero) is 1. The number of hydrogen-bond donors (Lipinski definition) is 0. The summed E-state index contributed by atoms with van der Waals surface area (Å²) in [5, 5.41) is 2.80. The molecule has 12 heavy (non-hydrogen) atoms. The van der Waals surface area contributed by atoms with Gasteiger partial charge in [0.2, 0.25) is 0 Å². The molecular formula is C9H13NOS. The minimum Gasteiger partial charge on any atom is -0.292 e. The number of aromatic nitrogens is 1. The highest BCUT2D eigenvalue weighted by Gasteiger charge is 2.15. The van der Waals surface area contributed by atoms with Crippen molar-refractivity contribution in [3.05, 3.63) is 16.1 Å². The Morgan fingerprint density at radius 2 is 2.42 bits per heavy atom. The highest BCUT2D eigenvalue weighted by Crippen LogP contribution is 2.14. The van der Waals surface area contributed by atoms with E-state index >= 15 is 0 Å². The summed E-state index contributed by atoms with van der Waals surface area (Å²) in [6.07, 6.45) is 0.884. The van der Waals surface area contributed by atoms with Gasteiger partial charge in [0, 0.05) is 11.3 Å². The van der Waals surface area contributed by atoms with Crippen molar-refractivity contribution in [2.45, 2.75) is 27.2 Å². The van der Waals surface area contributed by atoms with Crippen LogP contribution in [-0.2, 0) is 0 Å². The molecule has 0 aromatic carbocycles. The summed E-state index contributed by atoms with van der Waals surface area (Å²) in [6, 6.07) is 0. The molecule has 0 aliphatic carbocycles. The van der Waals surface area contributed by atoms with Gasteiger partial charge in [-0.05, 0) is 13.3 Å². The summed E-state index contributed by atoms with van der Waals surface area (Å²) in [5.41, 5.74) is 0.631. The fraction of sp³-hybridized carbons (Fsp3) is 0.556.